The lowest BCUT2D eigenvalue weighted by Gasteiger charge is -2.35. The van der Waals surface area contributed by atoms with E-state index in [1.54, 1.807) is 32.6 Å². The third-order valence-electron chi connectivity index (χ3n) is 13.8. The van der Waals surface area contributed by atoms with Crippen molar-refractivity contribution in [2.45, 2.75) is 95.3 Å². The van der Waals surface area contributed by atoms with Crippen LogP contribution in [0, 0.1) is 5.92 Å². The SMILES string of the molecule is CC[C@H](C)[C@H](NC(=O)CC[C@H](NC(=O)CN1CCN(C(=O)CN2CCN(CC(=O)O)CCN(CC(=O)O)CC2)CC1)C(=O)O)C(=O)N[C@H]1CCc2cccc3c2N(C1=O)[C@H](C(=O)NC1CC(=O)OC1O)C3. The first kappa shape index (κ1) is 54.1. The summed E-state index contributed by atoms with van der Waals surface area (Å²) in [5, 5.41) is 49.4. The molecule has 0 saturated carbocycles. The molecule has 8 N–H and O–H groups in total. The molecule has 25 nitrogen and oxygen atoms in total. The van der Waals surface area contributed by atoms with Gasteiger partial charge in [0.1, 0.15) is 30.2 Å². The third-order valence-corrected chi connectivity index (χ3v) is 13.8. The number of rotatable bonds is 20. The highest BCUT2D eigenvalue weighted by Gasteiger charge is 2.46. The number of esters is 1. The fraction of sp³-hybridized carbons (Fsp3) is 0.652. The van der Waals surface area contributed by atoms with E-state index in [4.69, 9.17) is 4.74 Å². The van der Waals surface area contributed by atoms with Crippen molar-refractivity contribution in [3.8, 4) is 0 Å². The minimum atomic E-state index is -1.54. The molecule has 6 amide bonds. The van der Waals surface area contributed by atoms with Crippen LogP contribution in [0.2, 0.25) is 0 Å². The Hall–Kier alpha value is -6.28. The highest BCUT2D eigenvalue weighted by atomic mass is 16.6. The van der Waals surface area contributed by atoms with E-state index in [0.29, 0.717) is 70.9 Å². The molecule has 5 aliphatic rings. The van der Waals surface area contributed by atoms with Crippen LogP contribution in [0.4, 0.5) is 5.69 Å². The Balaban J connectivity index is 0.972. The van der Waals surface area contributed by atoms with Gasteiger partial charge in [0.2, 0.25) is 41.7 Å². The first-order chi connectivity index (χ1) is 33.8. The van der Waals surface area contributed by atoms with Gasteiger partial charge in [0, 0.05) is 78.3 Å². The molecule has 0 bridgehead atoms. The molecule has 1 aromatic carbocycles. The minimum Gasteiger partial charge on any atom is -0.480 e. The van der Waals surface area contributed by atoms with Crippen molar-refractivity contribution >= 4 is 65.0 Å². The molecule has 5 heterocycles. The number of carbonyl (C=O) groups is 10. The molecule has 7 atom stereocenters. The van der Waals surface area contributed by atoms with Crippen molar-refractivity contribution in [3.63, 3.8) is 0 Å². The number of piperazine rings is 1. The topological polar surface area (TPSA) is 328 Å². The zero-order valence-electron chi connectivity index (χ0n) is 40.1. The van der Waals surface area contributed by atoms with Gasteiger partial charge in [-0.15, -0.1) is 0 Å². The number of aryl methyl sites for hydroxylation is 1. The summed E-state index contributed by atoms with van der Waals surface area (Å²) in [6.45, 7) is 6.49. The highest BCUT2D eigenvalue weighted by Crippen LogP contribution is 2.39. The first-order valence-corrected chi connectivity index (χ1v) is 24.1. The molecule has 0 aliphatic carbocycles. The van der Waals surface area contributed by atoms with E-state index in [9.17, 15) is 68.4 Å². The molecule has 5 aliphatic heterocycles. The molecule has 390 valence electrons. The van der Waals surface area contributed by atoms with Crippen LogP contribution in [-0.4, -0.2) is 232 Å². The number of amides is 6. The van der Waals surface area contributed by atoms with Crippen LogP contribution in [-0.2, 0) is 65.5 Å². The number of carboxylic acid groups (broad SMARTS) is 3. The lowest BCUT2D eigenvalue weighted by Crippen LogP contribution is -2.59. The number of cyclic esters (lactones) is 1. The Morgan fingerprint density at radius 3 is 1.87 bits per heavy atom. The Labute approximate surface area is 410 Å². The van der Waals surface area contributed by atoms with Gasteiger partial charge >= 0.3 is 23.9 Å². The normalized spacial score (nSPS) is 23.6. The van der Waals surface area contributed by atoms with E-state index < -0.39 is 95.8 Å². The standard InChI is InChI=1S/C46H66N10O15/c1-3-27(2)40(43(66)48-30-8-7-28-5-4-6-29-21-33(56(41(28)29)44(30)67)42(65)49-32-22-39(64)71-46(32)70)50-34(57)10-9-31(45(68)69)47-35(58)23-51-17-19-55(20-18-51)36(59)24-52-11-13-53(25-37(60)61)15-16-54(14-12-52)26-38(62)63/h4-6,27,30-33,40,46,70H,3,7-26H2,1-2H3,(H,47,58)(H,48,66)(H,49,65)(H,50,57)(H,60,61)(H,62,63)(H,68,69)/t27-,30-,31-,32?,33-,40-,46?/m0/s1. The maximum atomic E-state index is 14.3. The number of aliphatic carboxylic acids is 3. The van der Waals surface area contributed by atoms with E-state index in [1.807, 2.05) is 24.0 Å². The Bertz CT molecular complexity index is 2160. The minimum absolute atomic E-state index is 0.0342. The van der Waals surface area contributed by atoms with Gasteiger partial charge < -0.3 is 51.3 Å². The molecule has 0 spiro atoms. The van der Waals surface area contributed by atoms with Crippen LogP contribution in [0.3, 0.4) is 0 Å². The summed E-state index contributed by atoms with van der Waals surface area (Å²) in [4.78, 5) is 139. The Kier molecular flexibility index (Phi) is 18.8. The summed E-state index contributed by atoms with van der Waals surface area (Å²) in [6, 6.07) is -0.276. The van der Waals surface area contributed by atoms with E-state index in [2.05, 4.69) is 21.3 Å². The number of hydrogen-bond acceptors (Lipinski definition) is 16. The second-order valence-electron chi connectivity index (χ2n) is 18.9. The van der Waals surface area contributed by atoms with Crippen LogP contribution >= 0.6 is 0 Å². The van der Waals surface area contributed by atoms with E-state index >= 15 is 0 Å². The summed E-state index contributed by atoms with van der Waals surface area (Å²) in [6.07, 6.45) is -1.30. The van der Waals surface area contributed by atoms with Gasteiger partial charge in [0.05, 0.1) is 38.3 Å². The Morgan fingerprint density at radius 1 is 0.732 bits per heavy atom. The molecule has 6 rings (SSSR count). The summed E-state index contributed by atoms with van der Waals surface area (Å²) in [5.74, 6) is -7.77. The molecular weight excluding hydrogens is 933 g/mol. The van der Waals surface area contributed by atoms with Crippen molar-refractivity contribution in [2.24, 2.45) is 5.92 Å². The first-order valence-electron chi connectivity index (χ1n) is 24.1. The number of carboxylic acids is 3. The molecule has 1 aromatic rings. The smallest absolute Gasteiger partial charge is 0.326 e. The average molecular weight is 999 g/mol. The van der Waals surface area contributed by atoms with Gasteiger partial charge in [-0.25, -0.2) is 4.79 Å². The fourth-order valence-corrected chi connectivity index (χ4v) is 9.59. The number of anilines is 1. The van der Waals surface area contributed by atoms with Gasteiger partial charge in [-0.1, -0.05) is 38.5 Å². The van der Waals surface area contributed by atoms with E-state index in [0.717, 1.165) is 11.1 Å². The van der Waals surface area contributed by atoms with Gasteiger partial charge in [-0.3, -0.25) is 67.7 Å². The number of hydrogen-bond donors (Lipinski definition) is 8. The largest absolute Gasteiger partial charge is 0.480 e. The molecule has 0 aromatic heterocycles. The van der Waals surface area contributed by atoms with Crippen LogP contribution < -0.4 is 26.2 Å². The van der Waals surface area contributed by atoms with Crippen LogP contribution in [0.25, 0.3) is 0 Å². The van der Waals surface area contributed by atoms with Crippen LogP contribution in [0.1, 0.15) is 57.1 Å². The quantitative estimate of drug-likeness (QED) is 0.0582. The number of benzene rings is 1. The summed E-state index contributed by atoms with van der Waals surface area (Å²) < 4.78 is 4.76. The second-order valence-corrected chi connectivity index (χ2v) is 18.9. The summed E-state index contributed by atoms with van der Waals surface area (Å²) in [7, 11) is 0. The zero-order chi connectivity index (χ0) is 51.5. The lowest BCUT2D eigenvalue weighted by molar-refractivity contribution is -0.155. The van der Waals surface area contributed by atoms with E-state index in [-0.39, 0.29) is 77.3 Å². The van der Waals surface area contributed by atoms with Gasteiger partial charge in [0.25, 0.3) is 0 Å². The molecule has 3 fully saturated rings. The molecule has 0 radical (unpaired) electrons. The van der Waals surface area contributed by atoms with Gasteiger partial charge in [-0.2, -0.15) is 0 Å². The van der Waals surface area contributed by atoms with Crippen LogP contribution in [0.5, 0.6) is 0 Å². The van der Waals surface area contributed by atoms with Crippen molar-refractivity contribution < 1.29 is 73.1 Å². The highest BCUT2D eigenvalue weighted by molar-refractivity contribution is 6.08. The number of aliphatic hydroxyl groups is 1. The zero-order valence-corrected chi connectivity index (χ0v) is 40.1. The number of ether oxygens (including phenoxy) is 1. The third kappa shape index (κ3) is 14.6. The lowest BCUT2D eigenvalue weighted by atomic mass is 9.96. The summed E-state index contributed by atoms with van der Waals surface area (Å²) in [5.41, 5.74) is 2.10. The number of nitrogens with zero attached hydrogens (tertiary/aromatic N) is 6. The molecule has 71 heavy (non-hydrogen) atoms. The predicted octanol–water partition coefficient (Wildman–Crippen LogP) is -3.76. The molecular formula is C46H66N10O15. The Morgan fingerprint density at radius 2 is 1.31 bits per heavy atom. The van der Waals surface area contributed by atoms with Gasteiger partial charge in [-0.05, 0) is 36.3 Å². The number of aliphatic hydroxyl groups excluding tert-OH is 1. The van der Waals surface area contributed by atoms with Gasteiger partial charge in [0.15, 0.2) is 0 Å². The average Bonchev–Trinajstić information content (AvgIpc) is 3.85. The maximum Gasteiger partial charge on any atom is 0.326 e. The van der Waals surface area contributed by atoms with Crippen LogP contribution in [0.15, 0.2) is 18.2 Å². The molecule has 3 saturated heterocycles. The van der Waals surface area contributed by atoms with Crippen molar-refractivity contribution in [1.82, 2.24) is 45.8 Å². The van der Waals surface area contributed by atoms with Crippen molar-refractivity contribution in [3.05, 3.63) is 29.3 Å². The maximum absolute atomic E-state index is 14.3. The van der Waals surface area contributed by atoms with Crippen molar-refractivity contribution in [2.75, 3.05) is 96.5 Å². The van der Waals surface area contributed by atoms with Crippen molar-refractivity contribution in [1.29, 1.82) is 0 Å². The number of carbonyl (C=O) groups excluding carboxylic acids is 7. The molecule has 2 unspecified atom stereocenters. The molecule has 25 heteroatoms. The monoisotopic (exact) mass is 998 g/mol. The van der Waals surface area contributed by atoms with E-state index in [1.165, 1.54) is 4.90 Å². The predicted molar refractivity (Wildman–Crippen MR) is 248 cm³/mol. The second kappa shape index (κ2) is 24.7. The number of para-hydroxylation sites is 1. The number of nitrogens with one attached hydrogen (secondary N) is 4. The fourth-order valence-electron chi connectivity index (χ4n) is 9.59. The summed E-state index contributed by atoms with van der Waals surface area (Å²) >= 11 is 0.